The summed E-state index contributed by atoms with van der Waals surface area (Å²) in [5, 5.41) is 3.10. The Morgan fingerprint density at radius 3 is 2.13 bits per heavy atom. The molecule has 30 heavy (non-hydrogen) atoms. The molecule has 1 aliphatic rings. The Labute approximate surface area is 187 Å². The predicted molar refractivity (Wildman–Crippen MR) is 131 cm³/mol. The molecule has 0 saturated carbocycles. The lowest BCUT2D eigenvalue weighted by Crippen LogP contribution is -2.63. The second kappa shape index (κ2) is 16.5. The minimum atomic E-state index is 0.0536. The number of carbonyl (C=O) groups excluding carboxylic acids is 1. The van der Waals surface area contributed by atoms with Gasteiger partial charge in [0.15, 0.2) is 12.3 Å². The maximum absolute atomic E-state index is 11.5. The minimum Gasteiger partial charge on any atom is -0.307 e. The first kappa shape index (κ1) is 26.9. The second-order valence-corrected chi connectivity index (χ2v) is 9.16. The lowest BCUT2D eigenvalue weighted by Gasteiger charge is -2.42. The van der Waals surface area contributed by atoms with E-state index in [0.29, 0.717) is 6.17 Å². The summed E-state index contributed by atoms with van der Waals surface area (Å²) in [5.74, 6) is 0.0536. The van der Waals surface area contributed by atoms with E-state index in [9.17, 15) is 4.79 Å². The molecule has 0 aromatic rings. The molecule has 0 aromatic carbocycles. The van der Waals surface area contributed by atoms with E-state index in [1.165, 1.54) is 83.5 Å². The van der Waals surface area contributed by atoms with E-state index < -0.39 is 0 Å². The predicted octanol–water partition coefficient (Wildman–Crippen LogP) is 6.75. The Morgan fingerprint density at radius 1 is 1.00 bits per heavy atom. The fraction of sp³-hybridized carbons (Fsp3) is 0.846. The van der Waals surface area contributed by atoms with Gasteiger partial charge in [-0.15, -0.1) is 0 Å². The average Bonchev–Trinajstić information content (AvgIpc) is 3.14. The van der Waals surface area contributed by atoms with Crippen LogP contribution in [0, 0.1) is 0 Å². The molecule has 0 aromatic heterocycles. The average molecular weight is 421 g/mol. The largest absolute Gasteiger partial charge is 0.307 e. The third kappa shape index (κ3) is 10.2. The summed E-state index contributed by atoms with van der Waals surface area (Å²) >= 11 is 0. The van der Waals surface area contributed by atoms with Gasteiger partial charge in [-0.1, -0.05) is 70.4 Å². The molecule has 0 aliphatic carbocycles. The standard InChI is InChI=1S/C26H49N3O/c1-5-7-8-9-10-11-12-13-14-15-16-17-18-19-20-21-26-27-22-23-29(26,6-2)24(3)28-25(4)30/h15-16,22,24,26H,5-14,17-21,23H2,1-4H3/p+1/b16-15+. The van der Waals surface area contributed by atoms with Gasteiger partial charge in [0.1, 0.15) is 6.54 Å². The van der Waals surface area contributed by atoms with Crippen LogP contribution in [0.15, 0.2) is 17.1 Å². The molecule has 1 N–H and O–H groups in total. The van der Waals surface area contributed by atoms with Crippen molar-refractivity contribution in [1.82, 2.24) is 5.32 Å². The summed E-state index contributed by atoms with van der Waals surface area (Å²) in [6, 6.07) is 0. The highest BCUT2D eigenvalue weighted by atomic mass is 16.1. The van der Waals surface area contributed by atoms with Crippen molar-refractivity contribution in [3.8, 4) is 0 Å². The lowest BCUT2D eigenvalue weighted by atomic mass is 10.1. The molecule has 1 heterocycles. The molecular formula is C26H50N3O+. The van der Waals surface area contributed by atoms with Crippen LogP contribution in [-0.2, 0) is 4.79 Å². The fourth-order valence-corrected chi connectivity index (χ4v) is 4.76. The van der Waals surface area contributed by atoms with Crippen LogP contribution in [0.2, 0.25) is 0 Å². The van der Waals surface area contributed by atoms with Crippen molar-refractivity contribution in [1.29, 1.82) is 0 Å². The molecule has 0 saturated heterocycles. The van der Waals surface area contributed by atoms with Crippen molar-refractivity contribution >= 4 is 12.1 Å². The number of hydrogen-bond donors (Lipinski definition) is 1. The van der Waals surface area contributed by atoms with Gasteiger partial charge in [-0.05, 0) is 39.0 Å². The van der Waals surface area contributed by atoms with Gasteiger partial charge in [-0.3, -0.25) is 9.28 Å². The zero-order valence-corrected chi connectivity index (χ0v) is 20.5. The number of quaternary nitrogens is 1. The Bertz CT molecular complexity index is 503. The number of amides is 1. The number of unbranched alkanes of at least 4 members (excludes halogenated alkanes) is 11. The highest BCUT2D eigenvalue weighted by Gasteiger charge is 2.42. The number of nitrogens with zero attached hydrogens (tertiary/aromatic N) is 2. The number of hydrogen-bond acceptors (Lipinski definition) is 2. The van der Waals surface area contributed by atoms with Crippen LogP contribution in [0.5, 0.6) is 0 Å². The molecule has 3 unspecified atom stereocenters. The third-order valence-corrected chi connectivity index (χ3v) is 6.79. The minimum absolute atomic E-state index is 0.0536. The van der Waals surface area contributed by atoms with Gasteiger partial charge >= 0.3 is 0 Å². The van der Waals surface area contributed by atoms with E-state index in [-0.39, 0.29) is 12.1 Å². The molecule has 0 spiro atoms. The van der Waals surface area contributed by atoms with E-state index in [1.807, 2.05) is 0 Å². The van der Waals surface area contributed by atoms with Gasteiger partial charge in [-0.2, -0.15) is 0 Å². The van der Waals surface area contributed by atoms with Gasteiger partial charge < -0.3 is 5.32 Å². The van der Waals surface area contributed by atoms with Crippen molar-refractivity contribution in [3.05, 3.63) is 12.2 Å². The molecule has 1 aliphatic heterocycles. The number of aliphatic imine (C=N–C) groups is 1. The highest BCUT2D eigenvalue weighted by molar-refractivity contribution is 5.73. The molecule has 1 amide bonds. The van der Waals surface area contributed by atoms with E-state index in [4.69, 9.17) is 4.99 Å². The molecule has 3 atom stereocenters. The summed E-state index contributed by atoms with van der Waals surface area (Å²) in [5.41, 5.74) is 0. The Morgan fingerprint density at radius 2 is 1.57 bits per heavy atom. The fourth-order valence-electron chi connectivity index (χ4n) is 4.76. The van der Waals surface area contributed by atoms with Crippen LogP contribution in [0.25, 0.3) is 0 Å². The first-order chi connectivity index (χ1) is 14.6. The number of carbonyl (C=O) groups is 1. The monoisotopic (exact) mass is 420 g/mol. The van der Waals surface area contributed by atoms with Crippen LogP contribution >= 0.6 is 0 Å². The summed E-state index contributed by atoms with van der Waals surface area (Å²) < 4.78 is 0.873. The van der Waals surface area contributed by atoms with E-state index in [2.05, 4.69) is 44.5 Å². The van der Waals surface area contributed by atoms with Crippen LogP contribution in [-0.4, -0.2) is 42.0 Å². The zero-order chi connectivity index (χ0) is 22.1. The van der Waals surface area contributed by atoms with Crippen molar-refractivity contribution in [2.24, 2.45) is 4.99 Å². The normalized spacial score (nSPS) is 22.1. The van der Waals surface area contributed by atoms with Crippen LogP contribution in [0.3, 0.4) is 0 Å². The third-order valence-electron chi connectivity index (χ3n) is 6.79. The van der Waals surface area contributed by atoms with Crippen molar-refractivity contribution < 1.29 is 9.28 Å². The number of allylic oxidation sites excluding steroid dienone is 2. The molecule has 1 rings (SSSR count). The highest BCUT2D eigenvalue weighted by Crippen LogP contribution is 2.27. The molecule has 174 valence electrons. The molecule has 0 bridgehead atoms. The van der Waals surface area contributed by atoms with Crippen LogP contribution in [0.1, 0.15) is 118 Å². The van der Waals surface area contributed by atoms with E-state index in [1.54, 1.807) is 6.92 Å². The molecule has 0 fully saturated rings. The maximum atomic E-state index is 11.5. The van der Waals surface area contributed by atoms with Gasteiger partial charge in [0, 0.05) is 20.3 Å². The van der Waals surface area contributed by atoms with Crippen LogP contribution < -0.4 is 5.32 Å². The smallest absolute Gasteiger partial charge is 0.221 e. The first-order valence-corrected chi connectivity index (χ1v) is 12.9. The van der Waals surface area contributed by atoms with E-state index >= 15 is 0 Å². The lowest BCUT2D eigenvalue weighted by molar-refractivity contribution is -0.959. The van der Waals surface area contributed by atoms with E-state index in [0.717, 1.165) is 24.0 Å². The zero-order valence-electron chi connectivity index (χ0n) is 20.5. The number of rotatable bonds is 18. The molecule has 4 nitrogen and oxygen atoms in total. The van der Waals surface area contributed by atoms with Crippen molar-refractivity contribution in [2.75, 3.05) is 13.1 Å². The molecule has 4 heteroatoms. The van der Waals surface area contributed by atoms with Crippen molar-refractivity contribution in [2.45, 2.75) is 130 Å². The van der Waals surface area contributed by atoms with Gasteiger partial charge in [0.25, 0.3) is 0 Å². The quantitative estimate of drug-likeness (QED) is 0.149. The second-order valence-electron chi connectivity index (χ2n) is 9.16. The SMILES string of the molecule is CCCCCCCCCC/C=C/CCCCCC1N=CC[N+]1(CC)C(C)NC(C)=O. The topological polar surface area (TPSA) is 41.5 Å². The Balaban J connectivity index is 2.08. The first-order valence-electron chi connectivity index (χ1n) is 12.9. The summed E-state index contributed by atoms with van der Waals surface area (Å²) in [6.07, 6.45) is 25.8. The van der Waals surface area contributed by atoms with Crippen LogP contribution in [0.4, 0.5) is 0 Å². The molecule has 0 radical (unpaired) electrons. The number of nitrogens with one attached hydrogen (secondary N) is 1. The Kier molecular flexibility index (Phi) is 14.8. The Hall–Kier alpha value is -1.16. The van der Waals surface area contributed by atoms with Gasteiger partial charge in [-0.25, -0.2) is 4.99 Å². The maximum Gasteiger partial charge on any atom is 0.221 e. The van der Waals surface area contributed by atoms with Gasteiger partial charge in [0.05, 0.1) is 12.8 Å². The summed E-state index contributed by atoms with van der Waals surface area (Å²) in [6.45, 7) is 10.2. The van der Waals surface area contributed by atoms with Crippen molar-refractivity contribution in [3.63, 3.8) is 0 Å². The summed E-state index contributed by atoms with van der Waals surface area (Å²) in [4.78, 5) is 16.3. The molecular weight excluding hydrogens is 370 g/mol. The summed E-state index contributed by atoms with van der Waals surface area (Å²) in [7, 11) is 0. The van der Waals surface area contributed by atoms with Gasteiger partial charge in [0.2, 0.25) is 5.91 Å².